The van der Waals surface area contributed by atoms with Crippen LogP contribution in [0.4, 0.5) is 0 Å². The topological polar surface area (TPSA) is 81.6 Å². The fourth-order valence-corrected chi connectivity index (χ4v) is 1.49. The monoisotopic (exact) mass is 273 g/mol. The lowest BCUT2D eigenvalue weighted by Crippen LogP contribution is -2.40. The molecule has 1 aliphatic heterocycles. The van der Waals surface area contributed by atoms with Crippen molar-refractivity contribution >= 4 is 30.7 Å². The van der Waals surface area contributed by atoms with E-state index in [4.69, 9.17) is 16.2 Å². The van der Waals surface area contributed by atoms with E-state index < -0.39 is 11.9 Å². The van der Waals surface area contributed by atoms with Crippen LogP contribution in [0.25, 0.3) is 0 Å². The van der Waals surface area contributed by atoms with Crippen LogP contribution in [0, 0.1) is 0 Å². The van der Waals surface area contributed by atoms with Crippen molar-refractivity contribution in [2.24, 2.45) is 11.5 Å². The highest BCUT2D eigenvalue weighted by atomic mass is 35.5. The maximum absolute atomic E-state index is 10.7. The predicted molar refractivity (Wildman–Crippen MR) is 68.2 cm³/mol. The zero-order chi connectivity index (χ0) is 10.4. The molecule has 0 aromatic heterocycles. The van der Waals surface area contributed by atoms with Gasteiger partial charge in [-0.25, -0.2) is 0 Å². The molecule has 1 unspecified atom stereocenters. The number of nitrogens with zero attached hydrogens (tertiary/aromatic N) is 1. The highest BCUT2D eigenvalue weighted by Gasteiger charge is 2.13. The van der Waals surface area contributed by atoms with Gasteiger partial charge in [-0.1, -0.05) is 0 Å². The average Bonchev–Trinajstić information content (AvgIpc) is 2.42. The first-order valence-corrected chi connectivity index (χ1v) is 5.05. The van der Waals surface area contributed by atoms with E-state index in [-0.39, 0.29) is 24.8 Å². The van der Waals surface area contributed by atoms with Crippen LogP contribution in [0.3, 0.4) is 0 Å². The third-order valence-electron chi connectivity index (χ3n) is 2.44. The van der Waals surface area contributed by atoms with Gasteiger partial charge in [0.2, 0.25) is 5.91 Å². The van der Waals surface area contributed by atoms with Crippen LogP contribution in [-0.2, 0) is 9.53 Å². The molecule has 16 heavy (non-hydrogen) atoms. The van der Waals surface area contributed by atoms with Crippen molar-refractivity contribution in [2.45, 2.75) is 18.9 Å². The summed E-state index contributed by atoms with van der Waals surface area (Å²) in [5.41, 5.74) is 10.6. The Bertz CT molecular complexity index is 188. The Labute approximate surface area is 109 Å². The molecule has 0 radical (unpaired) electrons. The zero-order valence-corrected chi connectivity index (χ0v) is 10.9. The summed E-state index contributed by atoms with van der Waals surface area (Å²) in [5.74, 6) is -0.420. The first kappa shape index (κ1) is 18.3. The number of amides is 1. The van der Waals surface area contributed by atoms with Crippen molar-refractivity contribution in [2.75, 3.05) is 32.8 Å². The molecule has 0 aliphatic carbocycles. The van der Waals surface area contributed by atoms with Crippen molar-refractivity contribution in [3.63, 3.8) is 0 Å². The second-order valence-electron chi connectivity index (χ2n) is 3.61. The van der Waals surface area contributed by atoms with Crippen molar-refractivity contribution in [1.82, 2.24) is 4.90 Å². The quantitative estimate of drug-likeness (QED) is 0.741. The summed E-state index contributed by atoms with van der Waals surface area (Å²) in [4.78, 5) is 13.0. The minimum absolute atomic E-state index is 0. The fourth-order valence-electron chi connectivity index (χ4n) is 1.49. The number of primary amides is 1. The molecule has 1 atom stereocenters. The molecule has 0 aromatic rings. The molecule has 1 fully saturated rings. The van der Waals surface area contributed by atoms with Gasteiger partial charge in [0.25, 0.3) is 0 Å². The van der Waals surface area contributed by atoms with Crippen LogP contribution in [0.15, 0.2) is 0 Å². The van der Waals surface area contributed by atoms with E-state index in [0.29, 0.717) is 6.42 Å². The Hall–Kier alpha value is -0.0700. The number of carbonyl (C=O) groups excluding carboxylic acids is 1. The third-order valence-corrected chi connectivity index (χ3v) is 2.44. The van der Waals surface area contributed by atoms with E-state index in [9.17, 15) is 4.79 Å². The highest BCUT2D eigenvalue weighted by Crippen LogP contribution is 2.00. The van der Waals surface area contributed by atoms with Crippen LogP contribution in [0.5, 0.6) is 0 Å². The van der Waals surface area contributed by atoms with Crippen LogP contribution in [0.1, 0.15) is 12.8 Å². The molecule has 5 nitrogen and oxygen atoms in total. The van der Waals surface area contributed by atoms with Gasteiger partial charge in [0, 0.05) is 26.2 Å². The normalized spacial score (nSPS) is 18.8. The second kappa shape index (κ2) is 10.1. The van der Waals surface area contributed by atoms with Crippen LogP contribution < -0.4 is 11.5 Å². The summed E-state index contributed by atoms with van der Waals surface area (Å²) >= 11 is 0. The van der Waals surface area contributed by atoms with Crippen LogP contribution >= 0.6 is 24.8 Å². The molecule has 1 rings (SSSR count). The lowest BCUT2D eigenvalue weighted by Gasteiger charge is -2.19. The van der Waals surface area contributed by atoms with Crippen LogP contribution in [-0.4, -0.2) is 49.7 Å². The van der Waals surface area contributed by atoms with Crippen LogP contribution in [0.2, 0.25) is 0 Å². The number of hydrogen-bond donors (Lipinski definition) is 2. The van der Waals surface area contributed by atoms with E-state index >= 15 is 0 Å². The number of ether oxygens (including phenoxy) is 1. The largest absolute Gasteiger partial charge is 0.380 e. The Morgan fingerprint density at radius 1 is 1.31 bits per heavy atom. The van der Waals surface area contributed by atoms with Gasteiger partial charge in [-0.2, -0.15) is 0 Å². The standard InChI is InChI=1S/C9H19N3O2.2ClH/c10-8(9(11)13)2-4-12-3-1-6-14-7-5-12;;/h8H,1-7,10H2,(H2,11,13);2*1H. The molecule has 1 heterocycles. The minimum atomic E-state index is -0.515. The molecular weight excluding hydrogens is 253 g/mol. The fraction of sp³-hybridized carbons (Fsp3) is 0.889. The van der Waals surface area contributed by atoms with Gasteiger partial charge >= 0.3 is 0 Å². The summed E-state index contributed by atoms with van der Waals surface area (Å²) in [5, 5.41) is 0. The smallest absolute Gasteiger partial charge is 0.234 e. The second-order valence-corrected chi connectivity index (χ2v) is 3.61. The Morgan fingerprint density at radius 2 is 2.00 bits per heavy atom. The third kappa shape index (κ3) is 7.24. The number of hydrogen-bond acceptors (Lipinski definition) is 4. The van der Waals surface area contributed by atoms with E-state index in [1.807, 2.05) is 0 Å². The molecule has 4 N–H and O–H groups in total. The lowest BCUT2D eigenvalue weighted by atomic mass is 10.2. The van der Waals surface area contributed by atoms with Gasteiger partial charge < -0.3 is 21.1 Å². The van der Waals surface area contributed by atoms with Gasteiger partial charge in [0.05, 0.1) is 12.6 Å². The Morgan fingerprint density at radius 3 is 2.62 bits per heavy atom. The molecule has 98 valence electrons. The predicted octanol–water partition coefficient (Wildman–Crippen LogP) is -0.245. The number of nitrogens with two attached hydrogens (primary N) is 2. The summed E-state index contributed by atoms with van der Waals surface area (Å²) in [6.45, 7) is 4.37. The number of rotatable bonds is 4. The first-order valence-electron chi connectivity index (χ1n) is 5.05. The average molecular weight is 274 g/mol. The van der Waals surface area contributed by atoms with Gasteiger partial charge in [-0.05, 0) is 12.8 Å². The van der Waals surface area contributed by atoms with E-state index in [2.05, 4.69) is 4.90 Å². The SMILES string of the molecule is Cl.Cl.NC(=O)C(N)CCN1CCCOCC1. The van der Waals surface area contributed by atoms with E-state index in [1.54, 1.807) is 0 Å². The van der Waals surface area contributed by atoms with Crippen molar-refractivity contribution in [3.05, 3.63) is 0 Å². The molecule has 1 saturated heterocycles. The zero-order valence-electron chi connectivity index (χ0n) is 9.26. The van der Waals surface area contributed by atoms with Gasteiger partial charge in [0.1, 0.15) is 0 Å². The van der Waals surface area contributed by atoms with E-state index in [1.165, 1.54) is 0 Å². The molecule has 0 spiro atoms. The maximum Gasteiger partial charge on any atom is 0.234 e. The van der Waals surface area contributed by atoms with Crippen molar-refractivity contribution < 1.29 is 9.53 Å². The molecule has 0 saturated carbocycles. The lowest BCUT2D eigenvalue weighted by molar-refractivity contribution is -0.119. The number of halogens is 2. The maximum atomic E-state index is 10.7. The van der Waals surface area contributed by atoms with E-state index in [0.717, 1.165) is 39.3 Å². The first-order chi connectivity index (χ1) is 6.70. The summed E-state index contributed by atoms with van der Waals surface area (Å²) in [6, 6.07) is -0.515. The van der Waals surface area contributed by atoms with Gasteiger partial charge in [-0.3, -0.25) is 4.79 Å². The Balaban J connectivity index is 0. The molecule has 7 heteroatoms. The molecular formula is C9H21Cl2N3O2. The van der Waals surface area contributed by atoms with Gasteiger partial charge in [-0.15, -0.1) is 24.8 Å². The Kier molecular flexibility index (Phi) is 11.6. The highest BCUT2D eigenvalue weighted by molar-refractivity contribution is 5.85. The minimum Gasteiger partial charge on any atom is -0.380 e. The van der Waals surface area contributed by atoms with Gasteiger partial charge in [0.15, 0.2) is 0 Å². The van der Waals surface area contributed by atoms with Crippen molar-refractivity contribution in [1.29, 1.82) is 0 Å². The summed E-state index contributed by atoms with van der Waals surface area (Å²) in [6.07, 6.45) is 1.68. The number of carbonyl (C=O) groups is 1. The summed E-state index contributed by atoms with van der Waals surface area (Å²) in [7, 11) is 0. The molecule has 0 aromatic carbocycles. The molecule has 1 amide bonds. The van der Waals surface area contributed by atoms with Crippen molar-refractivity contribution in [3.8, 4) is 0 Å². The molecule has 0 bridgehead atoms. The summed E-state index contributed by atoms with van der Waals surface area (Å²) < 4.78 is 5.31. The molecule has 1 aliphatic rings.